The Hall–Kier alpha value is -3.02. The fourth-order valence-corrected chi connectivity index (χ4v) is 2.58. The van der Waals surface area contributed by atoms with Crippen molar-refractivity contribution in [3.05, 3.63) is 46.5 Å². The topological polar surface area (TPSA) is 86.7 Å². The van der Waals surface area contributed by atoms with Crippen LogP contribution in [0.1, 0.15) is 41.4 Å². The van der Waals surface area contributed by atoms with Gasteiger partial charge in [-0.1, -0.05) is 12.1 Å². The zero-order valence-corrected chi connectivity index (χ0v) is 9.76. The number of ether oxygens (including phenoxy) is 2. The lowest BCUT2D eigenvalue weighted by molar-refractivity contribution is 0.0373. The number of rotatable bonds is 0. The summed E-state index contributed by atoms with van der Waals surface area (Å²) in [5.41, 5.74) is -0.0102. The molecule has 0 aromatic heterocycles. The average Bonchev–Trinajstić information content (AvgIpc) is 2.69. The highest BCUT2D eigenvalue weighted by Gasteiger charge is 2.40. The van der Waals surface area contributed by atoms with Gasteiger partial charge < -0.3 is 9.47 Å². The molecule has 2 heterocycles. The first-order chi connectivity index (χ1) is 9.58. The van der Waals surface area contributed by atoms with Crippen molar-refractivity contribution in [1.29, 1.82) is 0 Å². The SMILES string of the molecule is O=C1OC(=O)c2c1cc1cccc3c1c2C(=O)OC3=O. The van der Waals surface area contributed by atoms with Crippen LogP contribution in [0.5, 0.6) is 0 Å². The number of fused-ring (bicyclic) bond motifs is 2. The zero-order valence-electron chi connectivity index (χ0n) is 9.76. The van der Waals surface area contributed by atoms with E-state index in [2.05, 4.69) is 9.47 Å². The number of hydrogen-bond donors (Lipinski definition) is 0. The number of benzene rings is 2. The van der Waals surface area contributed by atoms with E-state index in [4.69, 9.17) is 0 Å². The molecule has 0 amide bonds. The highest BCUT2D eigenvalue weighted by molar-refractivity contribution is 6.29. The van der Waals surface area contributed by atoms with Gasteiger partial charge in [0, 0.05) is 5.39 Å². The van der Waals surface area contributed by atoms with Crippen LogP contribution in [-0.2, 0) is 9.47 Å². The van der Waals surface area contributed by atoms with Gasteiger partial charge in [0.1, 0.15) is 0 Å². The second kappa shape index (κ2) is 3.30. The molecule has 20 heavy (non-hydrogen) atoms. The molecule has 0 radical (unpaired) electrons. The molecule has 0 atom stereocenters. The minimum Gasteiger partial charge on any atom is -0.386 e. The van der Waals surface area contributed by atoms with Crippen molar-refractivity contribution in [3.63, 3.8) is 0 Å². The number of carbonyl (C=O) groups is 4. The molecule has 0 N–H and O–H groups in total. The van der Waals surface area contributed by atoms with Crippen LogP contribution in [0.3, 0.4) is 0 Å². The Labute approximate surface area is 110 Å². The number of esters is 4. The summed E-state index contributed by atoms with van der Waals surface area (Å²) in [4.78, 5) is 47.0. The summed E-state index contributed by atoms with van der Waals surface area (Å²) in [7, 11) is 0. The number of carbonyl (C=O) groups excluding carboxylic acids is 4. The molecule has 0 saturated carbocycles. The predicted molar refractivity (Wildman–Crippen MR) is 63.4 cm³/mol. The van der Waals surface area contributed by atoms with Crippen molar-refractivity contribution in [2.45, 2.75) is 0 Å². The lowest BCUT2D eigenvalue weighted by Gasteiger charge is -2.16. The summed E-state index contributed by atoms with van der Waals surface area (Å²) in [6.45, 7) is 0. The molecule has 4 rings (SSSR count). The van der Waals surface area contributed by atoms with E-state index in [1.165, 1.54) is 12.1 Å². The molecule has 2 aliphatic rings. The molecule has 2 aliphatic heterocycles. The van der Waals surface area contributed by atoms with E-state index in [-0.39, 0.29) is 22.3 Å². The van der Waals surface area contributed by atoms with Gasteiger partial charge in [0.05, 0.1) is 22.3 Å². The monoisotopic (exact) mass is 268 g/mol. The summed E-state index contributed by atoms with van der Waals surface area (Å²) < 4.78 is 9.13. The zero-order chi connectivity index (χ0) is 14.0. The summed E-state index contributed by atoms with van der Waals surface area (Å²) in [5.74, 6) is -3.42. The third-order valence-corrected chi connectivity index (χ3v) is 3.38. The van der Waals surface area contributed by atoms with Gasteiger partial charge in [-0.2, -0.15) is 0 Å². The van der Waals surface area contributed by atoms with Gasteiger partial charge in [-0.3, -0.25) is 0 Å². The second-order valence-corrected chi connectivity index (χ2v) is 4.43. The molecule has 0 unspecified atom stereocenters. The van der Waals surface area contributed by atoms with Crippen molar-refractivity contribution in [3.8, 4) is 0 Å². The van der Waals surface area contributed by atoms with E-state index in [9.17, 15) is 19.2 Å². The van der Waals surface area contributed by atoms with E-state index < -0.39 is 23.9 Å². The molecule has 2 aromatic rings. The van der Waals surface area contributed by atoms with Crippen LogP contribution < -0.4 is 0 Å². The largest absolute Gasteiger partial charge is 0.386 e. The Bertz CT molecular complexity index is 877. The predicted octanol–water partition coefficient (Wildman–Crippen LogP) is 1.46. The highest BCUT2D eigenvalue weighted by atomic mass is 16.6. The number of cyclic esters (lactones) is 4. The minimum atomic E-state index is -0.942. The molecular weight excluding hydrogens is 264 g/mol. The van der Waals surface area contributed by atoms with E-state index in [1.54, 1.807) is 12.1 Å². The van der Waals surface area contributed by atoms with Crippen LogP contribution in [0.2, 0.25) is 0 Å². The molecule has 0 spiro atoms. The first kappa shape index (κ1) is 10.9. The van der Waals surface area contributed by atoms with Crippen molar-refractivity contribution < 1.29 is 28.7 Å². The maximum absolute atomic E-state index is 11.9. The van der Waals surface area contributed by atoms with Crippen molar-refractivity contribution >= 4 is 34.6 Å². The molecule has 6 heteroatoms. The molecule has 0 fully saturated rings. The molecule has 0 saturated heterocycles. The van der Waals surface area contributed by atoms with E-state index in [0.717, 1.165) is 0 Å². The quantitative estimate of drug-likeness (QED) is 0.531. The van der Waals surface area contributed by atoms with Gasteiger partial charge in [0.15, 0.2) is 0 Å². The first-order valence-electron chi connectivity index (χ1n) is 5.70. The van der Waals surface area contributed by atoms with Gasteiger partial charge >= 0.3 is 23.9 Å². The van der Waals surface area contributed by atoms with Crippen LogP contribution in [0.4, 0.5) is 0 Å². The Morgan fingerprint density at radius 2 is 1.35 bits per heavy atom. The van der Waals surface area contributed by atoms with Crippen LogP contribution in [0.15, 0.2) is 24.3 Å². The van der Waals surface area contributed by atoms with Crippen molar-refractivity contribution in [2.24, 2.45) is 0 Å². The van der Waals surface area contributed by atoms with Crippen LogP contribution >= 0.6 is 0 Å². The van der Waals surface area contributed by atoms with Gasteiger partial charge in [0.25, 0.3) is 0 Å². The van der Waals surface area contributed by atoms with E-state index >= 15 is 0 Å². The molecule has 0 bridgehead atoms. The minimum absolute atomic E-state index is 0.0148. The highest BCUT2D eigenvalue weighted by Crippen LogP contribution is 2.36. The Balaban J connectivity index is 2.29. The molecular formula is C14H4O6. The second-order valence-electron chi connectivity index (χ2n) is 4.43. The molecule has 0 aliphatic carbocycles. The van der Waals surface area contributed by atoms with E-state index in [1.807, 2.05) is 0 Å². The van der Waals surface area contributed by atoms with E-state index in [0.29, 0.717) is 10.8 Å². The Kier molecular flexibility index (Phi) is 1.79. The van der Waals surface area contributed by atoms with Gasteiger partial charge in [-0.05, 0) is 17.5 Å². The van der Waals surface area contributed by atoms with Crippen molar-refractivity contribution in [1.82, 2.24) is 0 Å². The fraction of sp³-hybridized carbons (Fsp3) is 0. The maximum atomic E-state index is 11.9. The fourth-order valence-electron chi connectivity index (χ4n) is 2.58. The number of hydrogen-bond acceptors (Lipinski definition) is 6. The summed E-state index contributed by atoms with van der Waals surface area (Å²) in [6.07, 6.45) is 0. The maximum Gasteiger partial charge on any atom is 0.347 e. The standard InChI is InChI=1S/C14H4O6/c15-11-6-3-1-2-5-4-7-9(13(17)20-12(7)16)10(8(5)6)14(18)19-11/h1-4H. The van der Waals surface area contributed by atoms with Crippen LogP contribution in [0.25, 0.3) is 10.8 Å². The normalized spacial score (nSPS) is 16.2. The molecule has 2 aromatic carbocycles. The lowest BCUT2D eigenvalue weighted by atomic mass is 9.91. The van der Waals surface area contributed by atoms with Gasteiger partial charge in [-0.15, -0.1) is 0 Å². The lowest BCUT2D eigenvalue weighted by Crippen LogP contribution is -2.22. The first-order valence-corrected chi connectivity index (χ1v) is 5.70. The summed E-state index contributed by atoms with van der Waals surface area (Å²) in [5, 5.41) is 0.826. The average molecular weight is 268 g/mol. The third kappa shape index (κ3) is 1.13. The third-order valence-electron chi connectivity index (χ3n) is 3.38. The summed E-state index contributed by atoms with van der Waals surface area (Å²) >= 11 is 0. The van der Waals surface area contributed by atoms with Gasteiger partial charge in [0.2, 0.25) is 0 Å². The molecule has 96 valence electrons. The summed E-state index contributed by atoms with van der Waals surface area (Å²) in [6, 6.07) is 6.18. The molecule has 6 nitrogen and oxygen atoms in total. The van der Waals surface area contributed by atoms with Crippen LogP contribution in [-0.4, -0.2) is 23.9 Å². The Morgan fingerprint density at radius 1 is 0.700 bits per heavy atom. The smallest absolute Gasteiger partial charge is 0.347 e. The van der Waals surface area contributed by atoms with Crippen molar-refractivity contribution in [2.75, 3.05) is 0 Å². The van der Waals surface area contributed by atoms with Crippen LogP contribution in [0, 0.1) is 0 Å². The Morgan fingerprint density at radius 3 is 2.10 bits per heavy atom. The van der Waals surface area contributed by atoms with Gasteiger partial charge in [-0.25, -0.2) is 19.2 Å².